The van der Waals surface area contributed by atoms with E-state index in [4.69, 9.17) is 0 Å². The average Bonchev–Trinajstić information content (AvgIpc) is 3.35. The Balaban J connectivity index is 1.49. The number of rotatable bonds is 6. The first-order chi connectivity index (χ1) is 16.3. The minimum atomic E-state index is -1.04. The van der Waals surface area contributed by atoms with Gasteiger partial charge in [-0.1, -0.05) is 0 Å². The van der Waals surface area contributed by atoms with Crippen molar-refractivity contribution in [2.45, 2.75) is 24.7 Å². The molecular formula is C32H26Zr. The molecule has 0 fully saturated rings. The fraction of sp³-hybridized carbons (Fsp3) is 0.125. The molecule has 6 rings (SSSR count). The van der Waals surface area contributed by atoms with Crippen molar-refractivity contribution < 1.29 is 23.2 Å². The van der Waals surface area contributed by atoms with Gasteiger partial charge < -0.3 is 0 Å². The van der Waals surface area contributed by atoms with E-state index in [0.717, 1.165) is 12.8 Å². The Hall–Kier alpha value is -2.76. The SMILES string of the molecule is C=CCC1c2ccccc2-c2ccc[c]([Zr][c]3cccc4c3C(CC=C)c3ccccc3-4)c21. The van der Waals surface area contributed by atoms with E-state index >= 15 is 0 Å². The summed E-state index contributed by atoms with van der Waals surface area (Å²) in [6, 6.07) is 32.0. The van der Waals surface area contributed by atoms with Crippen LogP contribution in [0.4, 0.5) is 0 Å². The summed E-state index contributed by atoms with van der Waals surface area (Å²) in [6.45, 7) is 8.18. The first-order valence-corrected chi connectivity index (χ1v) is 14.2. The number of hydrogen-bond donors (Lipinski definition) is 0. The maximum atomic E-state index is 4.09. The van der Waals surface area contributed by atoms with Crippen LogP contribution in [0.1, 0.15) is 46.9 Å². The van der Waals surface area contributed by atoms with Crippen molar-refractivity contribution in [3.63, 3.8) is 0 Å². The molecule has 2 aliphatic carbocycles. The summed E-state index contributed by atoms with van der Waals surface area (Å²) in [7, 11) is 0. The Morgan fingerprint density at radius 1 is 0.545 bits per heavy atom. The summed E-state index contributed by atoms with van der Waals surface area (Å²) in [5.74, 6) is 0.868. The van der Waals surface area contributed by atoms with Crippen LogP contribution < -0.4 is 6.54 Å². The van der Waals surface area contributed by atoms with Crippen LogP contribution in [0.15, 0.2) is 110 Å². The summed E-state index contributed by atoms with van der Waals surface area (Å²) in [6.07, 6.45) is 6.18. The quantitative estimate of drug-likeness (QED) is 0.247. The molecule has 0 saturated carbocycles. The molecule has 2 unspecified atom stereocenters. The van der Waals surface area contributed by atoms with Crippen molar-refractivity contribution in [3.8, 4) is 22.3 Å². The third-order valence-electron chi connectivity index (χ3n) is 7.24. The van der Waals surface area contributed by atoms with Gasteiger partial charge in [0.15, 0.2) is 0 Å². The first kappa shape index (κ1) is 20.8. The van der Waals surface area contributed by atoms with Gasteiger partial charge in [0.1, 0.15) is 0 Å². The zero-order valence-electron chi connectivity index (χ0n) is 18.7. The summed E-state index contributed by atoms with van der Waals surface area (Å²) in [4.78, 5) is 0. The zero-order chi connectivity index (χ0) is 22.4. The normalized spacial score (nSPS) is 17.0. The van der Waals surface area contributed by atoms with Gasteiger partial charge in [0.25, 0.3) is 0 Å². The molecule has 0 heterocycles. The zero-order valence-corrected chi connectivity index (χ0v) is 21.2. The second-order valence-electron chi connectivity index (χ2n) is 8.99. The standard InChI is InChI=1S/2C16H13.Zr/c2*1-2-7-12-13-8-3-5-10-15(13)16-11-6-4-9-14(12)16;/h2*2-6,8,10-12H,1,7H2;. The Bertz CT molecular complexity index is 1290. The van der Waals surface area contributed by atoms with E-state index in [0.29, 0.717) is 11.8 Å². The Morgan fingerprint density at radius 3 is 1.42 bits per heavy atom. The number of benzene rings is 4. The summed E-state index contributed by atoms with van der Waals surface area (Å²) < 4.78 is 3.22. The van der Waals surface area contributed by atoms with Crippen LogP contribution in [0.25, 0.3) is 22.3 Å². The van der Waals surface area contributed by atoms with E-state index < -0.39 is 23.2 Å². The summed E-state index contributed by atoms with van der Waals surface area (Å²) >= 11 is -1.04. The molecule has 0 aliphatic heterocycles. The molecule has 1 heteroatoms. The number of fused-ring (bicyclic) bond motifs is 6. The molecule has 2 aliphatic rings. The molecule has 0 spiro atoms. The fourth-order valence-corrected chi connectivity index (χ4v) is 9.72. The van der Waals surface area contributed by atoms with Crippen molar-refractivity contribution in [1.29, 1.82) is 0 Å². The van der Waals surface area contributed by atoms with Crippen LogP contribution in [0.3, 0.4) is 0 Å². The molecule has 0 nitrogen and oxygen atoms in total. The molecule has 0 aromatic heterocycles. The van der Waals surface area contributed by atoms with Gasteiger partial charge >= 0.3 is 209 Å². The Kier molecular flexibility index (Phi) is 5.39. The van der Waals surface area contributed by atoms with Crippen LogP contribution in [0, 0.1) is 0 Å². The van der Waals surface area contributed by atoms with Crippen LogP contribution in [-0.4, -0.2) is 0 Å². The van der Waals surface area contributed by atoms with Gasteiger partial charge in [0.2, 0.25) is 0 Å². The number of hydrogen-bond acceptors (Lipinski definition) is 0. The second-order valence-corrected chi connectivity index (χ2v) is 12.2. The van der Waals surface area contributed by atoms with E-state index in [1.54, 1.807) is 17.7 Å². The third kappa shape index (κ3) is 3.29. The molecule has 158 valence electrons. The molecular weight excluding hydrogens is 476 g/mol. The summed E-state index contributed by atoms with van der Waals surface area (Å²) in [5, 5.41) is 0. The van der Waals surface area contributed by atoms with Crippen LogP contribution in [0.5, 0.6) is 0 Å². The predicted octanol–water partition coefficient (Wildman–Crippen LogP) is 7.10. The van der Waals surface area contributed by atoms with E-state index in [1.807, 2.05) is 0 Å². The van der Waals surface area contributed by atoms with Gasteiger partial charge in [0.05, 0.1) is 0 Å². The Morgan fingerprint density at radius 2 is 0.970 bits per heavy atom. The van der Waals surface area contributed by atoms with Gasteiger partial charge in [-0.2, -0.15) is 0 Å². The molecule has 4 aromatic rings. The van der Waals surface area contributed by atoms with Gasteiger partial charge in [0, 0.05) is 0 Å². The van der Waals surface area contributed by atoms with E-state index in [2.05, 4.69) is 110 Å². The van der Waals surface area contributed by atoms with Gasteiger partial charge in [-0.15, -0.1) is 0 Å². The van der Waals surface area contributed by atoms with Crippen LogP contribution in [0.2, 0.25) is 0 Å². The van der Waals surface area contributed by atoms with Gasteiger partial charge in [-0.3, -0.25) is 0 Å². The van der Waals surface area contributed by atoms with Crippen molar-refractivity contribution >= 4 is 6.54 Å². The first-order valence-electron chi connectivity index (χ1n) is 11.7. The molecule has 0 amide bonds. The summed E-state index contributed by atoms with van der Waals surface area (Å²) in [5.41, 5.74) is 11.8. The average molecular weight is 502 g/mol. The molecule has 0 saturated heterocycles. The predicted molar refractivity (Wildman–Crippen MR) is 136 cm³/mol. The van der Waals surface area contributed by atoms with Crippen molar-refractivity contribution in [2.24, 2.45) is 0 Å². The third-order valence-corrected chi connectivity index (χ3v) is 10.7. The number of allylic oxidation sites excluding steroid dienone is 2. The monoisotopic (exact) mass is 500 g/mol. The van der Waals surface area contributed by atoms with E-state index in [-0.39, 0.29) is 0 Å². The van der Waals surface area contributed by atoms with Crippen molar-refractivity contribution in [2.75, 3.05) is 0 Å². The molecule has 2 atom stereocenters. The molecule has 0 N–H and O–H groups in total. The van der Waals surface area contributed by atoms with Crippen molar-refractivity contribution in [3.05, 3.63) is 132 Å². The Labute approximate surface area is 208 Å². The minimum absolute atomic E-state index is 0.434. The van der Waals surface area contributed by atoms with E-state index in [9.17, 15) is 0 Å². The van der Waals surface area contributed by atoms with Gasteiger partial charge in [-0.25, -0.2) is 0 Å². The van der Waals surface area contributed by atoms with E-state index in [1.165, 1.54) is 33.4 Å². The van der Waals surface area contributed by atoms with Gasteiger partial charge in [-0.05, 0) is 0 Å². The van der Waals surface area contributed by atoms with Crippen LogP contribution >= 0.6 is 0 Å². The molecule has 0 radical (unpaired) electrons. The second kappa shape index (κ2) is 8.55. The van der Waals surface area contributed by atoms with Crippen LogP contribution in [-0.2, 0) is 23.2 Å². The molecule has 33 heavy (non-hydrogen) atoms. The fourth-order valence-electron chi connectivity index (χ4n) is 5.94. The van der Waals surface area contributed by atoms with Crippen molar-refractivity contribution in [1.82, 2.24) is 0 Å². The topological polar surface area (TPSA) is 0 Å². The molecule has 4 aromatic carbocycles. The molecule has 0 bridgehead atoms. The maximum absolute atomic E-state index is 4.09.